The van der Waals surface area contributed by atoms with Crippen LogP contribution in [0.1, 0.15) is 24.0 Å². The van der Waals surface area contributed by atoms with E-state index in [9.17, 15) is 0 Å². The van der Waals surface area contributed by atoms with E-state index in [1.807, 2.05) is 18.7 Å². The van der Waals surface area contributed by atoms with E-state index in [0.717, 1.165) is 25.6 Å². The molecule has 0 amide bonds. The highest BCUT2D eigenvalue weighted by Gasteiger charge is 2.19. The van der Waals surface area contributed by atoms with Crippen molar-refractivity contribution in [2.45, 2.75) is 31.8 Å². The highest BCUT2D eigenvalue weighted by molar-refractivity contribution is 5.23. The molecule has 0 unspecified atom stereocenters. The molecular formula is C15H19N3. The molecule has 0 spiro atoms. The van der Waals surface area contributed by atoms with Crippen LogP contribution >= 0.6 is 0 Å². The fourth-order valence-electron chi connectivity index (χ4n) is 2.11. The van der Waals surface area contributed by atoms with E-state index in [-0.39, 0.29) is 0 Å². The lowest BCUT2D eigenvalue weighted by Crippen LogP contribution is -2.19. The maximum atomic E-state index is 4.05. The van der Waals surface area contributed by atoms with Crippen molar-refractivity contribution in [3.63, 3.8) is 0 Å². The van der Waals surface area contributed by atoms with E-state index in [2.05, 4.69) is 39.1 Å². The van der Waals surface area contributed by atoms with E-state index >= 15 is 0 Å². The van der Waals surface area contributed by atoms with Crippen LogP contribution in [0.2, 0.25) is 0 Å². The zero-order chi connectivity index (χ0) is 12.2. The van der Waals surface area contributed by atoms with Gasteiger partial charge in [-0.25, -0.2) is 4.98 Å². The van der Waals surface area contributed by atoms with E-state index in [1.54, 1.807) is 0 Å². The molecule has 1 aromatic heterocycles. The molecule has 2 aromatic rings. The number of aromatic nitrogens is 2. The fourth-order valence-corrected chi connectivity index (χ4v) is 2.11. The third kappa shape index (κ3) is 3.20. The van der Waals surface area contributed by atoms with Crippen LogP contribution in [0.15, 0.2) is 43.0 Å². The summed E-state index contributed by atoms with van der Waals surface area (Å²) in [6.45, 7) is 2.01. The first-order valence-electron chi connectivity index (χ1n) is 6.67. The topological polar surface area (TPSA) is 29.9 Å². The second kappa shape index (κ2) is 5.36. The van der Waals surface area contributed by atoms with Crippen LogP contribution in [0.3, 0.4) is 0 Å². The fraction of sp³-hybridized carbons (Fsp3) is 0.400. The van der Waals surface area contributed by atoms with Crippen molar-refractivity contribution < 1.29 is 0 Å². The molecule has 0 saturated heterocycles. The Morgan fingerprint density at radius 1 is 1.17 bits per heavy atom. The van der Waals surface area contributed by atoms with Gasteiger partial charge in [0.05, 0.1) is 6.33 Å². The normalized spacial score (nSPS) is 14.9. The number of hydrogen-bond donors (Lipinski definition) is 1. The van der Waals surface area contributed by atoms with Crippen LogP contribution < -0.4 is 5.32 Å². The van der Waals surface area contributed by atoms with Gasteiger partial charge in [0.25, 0.3) is 0 Å². The first kappa shape index (κ1) is 11.5. The monoisotopic (exact) mass is 241 g/mol. The van der Waals surface area contributed by atoms with Gasteiger partial charge in [-0.15, -0.1) is 0 Å². The van der Waals surface area contributed by atoms with Crippen LogP contribution in [0.5, 0.6) is 0 Å². The van der Waals surface area contributed by atoms with E-state index in [4.69, 9.17) is 0 Å². The van der Waals surface area contributed by atoms with Gasteiger partial charge in [-0.3, -0.25) is 0 Å². The molecule has 1 aliphatic carbocycles. The average molecular weight is 241 g/mol. The third-order valence-corrected chi connectivity index (χ3v) is 3.37. The lowest BCUT2D eigenvalue weighted by Gasteiger charge is -2.06. The summed E-state index contributed by atoms with van der Waals surface area (Å²) >= 11 is 0. The standard InChI is InChI=1S/C15H19N3/c1-3-14(11-18-10-9-16-12-18)4-2-13(1)7-8-17-15-5-6-15/h1-4,9-10,12,15,17H,5-8,11H2. The predicted molar refractivity (Wildman–Crippen MR) is 72.5 cm³/mol. The van der Waals surface area contributed by atoms with Crippen molar-refractivity contribution in [2.24, 2.45) is 0 Å². The molecule has 1 aromatic carbocycles. The summed E-state index contributed by atoms with van der Waals surface area (Å²) in [5, 5.41) is 3.54. The molecule has 3 nitrogen and oxygen atoms in total. The highest BCUT2D eigenvalue weighted by Crippen LogP contribution is 2.18. The largest absolute Gasteiger partial charge is 0.333 e. The number of rotatable bonds is 6. The average Bonchev–Trinajstić information content (AvgIpc) is 3.07. The van der Waals surface area contributed by atoms with Crippen LogP contribution in [0.4, 0.5) is 0 Å². The van der Waals surface area contributed by atoms with Crippen molar-refractivity contribution in [2.75, 3.05) is 6.54 Å². The van der Waals surface area contributed by atoms with Gasteiger partial charge >= 0.3 is 0 Å². The highest BCUT2D eigenvalue weighted by atomic mass is 15.0. The van der Waals surface area contributed by atoms with Gasteiger partial charge in [0.15, 0.2) is 0 Å². The molecule has 1 saturated carbocycles. The maximum Gasteiger partial charge on any atom is 0.0949 e. The minimum absolute atomic E-state index is 0.811. The van der Waals surface area contributed by atoms with Crippen molar-refractivity contribution in [1.82, 2.24) is 14.9 Å². The molecule has 0 bridgehead atoms. The quantitative estimate of drug-likeness (QED) is 0.840. The molecule has 3 heteroatoms. The molecule has 0 atom stereocenters. The first-order valence-corrected chi connectivity index (χ1v) is 6.67. The zero-order valence-corrected chi connectivity index (χ0v) is 10.5. The number of nitrogens with zero attached hydrogens (tertiary/aromatic N) is 2. The molecule has 1 aliphatic rings. The molecule has 1 N–H and O–H groups in total. The van der Waals surface area contributed by atoms with Crippen molar-refractivity contribution >= 4 is 0 Å². The SMILES string of the molecule is c1cn(Cc2ccc(CCNC3CC3)cc2)cn1. The van der Waals surface area contributed by atoms with Gasteiger partial charge in [-0.2, -0.15) is 0 Å². The smallest absolute Gasteiger partial charge is 0.0949 e. The summed E-state index contributed by atoms with van der Waals surface area (Å²) in [5.41, 5.74) is 2.74. The Balaban J connectivity index is 1.51. The number of imidazole rings is 1. The molecule has 0 radical (unpaired) electrons. The molecule has 3 rings (SSSR count). The Morgan fingerprint density at radius 2 is 1.94 bits per heavy atom. The van der Waals surface area contributed by atoms with Gasteiger partial charge in [0, 0.05) is 25.0 Å². The molecular weight excluding hydrogens is 222 g/mol. The summed E-state index contributed by atoms with van der Waals surface area (Å²) in [4.78, 5) is 4.05. The maximum absolute atomic E-state index is 4.05. The summed E-state index contributed by atoms with van der Waals surface area (Å²) in [6.07, 6.45) is 9.52. The van der Waals surface area contributed by atoms with Gasteiger partial charge in [0.2, 0.25) is 0 Å². The van der Waals surface area contributed by atoms with E-state index in [0.29, 0.717) is 0 Å². The minimum Gasteiger partial charge on any atom is -0.333 e. The second-order valence-electron chi connectivity index (χ2n) is 5.03. The van der Waals surface area contributed by atoms with Crippen molar-refractivity contribution in [3.8, 4) is 0 Å². The lowest BCUT2D eigenvalue weighted by molar-refractivity contribution is 0.682. The second-order valence-corrected chi connectivity index (χ2v) is 5.03. The van der Waals surface area contributed by atoms with Crippen molar-refractivity contribution in [3.05, 3.63) is 54.1 Å². The van der Waals surface area contributed by atoms with Crippen LogP contribution in [0.25, 0.3) is 0 Å². The van der Waals surface area contributed by atoms with Gasteiger partial charge in [-0.05, 0) is 36.9 Å². The molecule has 0 aliphatic heterocycles. The lowest BCUT2D eigenvalue weighted by atomic mass is 10.1. The van der Waals surface area contributed by atoms with Crippen LogP contribution in [-0.4, -0.2) is 22.1 Å². The number of benzene rings is 1. The van der Waals surface area contributed by atoms with Gasteiger partial charge < -0.3 is 9.88 Å². The summed E-state index contributed by atoms with van der Waals surface area (Å²) in [5.74, 6) is 0. The predicted octanol–water partition coefficient (Wildman–Crippen LogP) is 2.23. The molecule has 94 valence electrons. The molecule has 1 fully saturated rings. The number of hydrogen-bond acceptors (Lipinski definition) is 2. The Bertz CT molecular complexity index is 469. The Labute approximate surface area is 108 Å². The van der Waals surface area contributed by atoms with E-state index in [1.165, 1.54) is 24.0 Å². The van der Waals surface area contributed by atoms with Crippen LogP contribution in [0, 0.1) is 0 Å². The summed E-state index contributed by atoms with van der Waals surface area (Å²) in [7, 11) is 0. The molecule has 1 heterocycles. The zero-order valence-electron chi connectivity index (χ0n) is 10.5. The minimum atomic E-state index is 0.811. The Morgan fingerprint density at radius 3 is 2.61 bits per heavy atom. The van der Waals surface area contributed by atoms with E-state index < -0.39 is 0 Å². The Hall–Kier alpha value is -1.61. The third-order valence-electron chi connectivity index (χ3n) is 3.37. The van der Waals surface area contributed by atoms with Gasteiger partial charge in [-0.1, -0.05) is 24.3 Å². The Kier molecular flexibility index (Phi) is 3.42. The van der Waals surface area contributed by atoms with Crippen molar-refractivity contribution in [1.29, 1.82) is 0 Å². The number of nitrogens with one attached hydrogen (secondary N) is 1. The van der Waals surface area contributed by atoms with Gasteiger partial charge in [0.1, 0.15) is 0 Å². The van der Waals surface area contributed by atoms with Crippen LogP contribution in [-0.2, 0) is 13.0 Å². The first-order chi connectivity index (χ1) is 8.90. The summed E-state index contributed by atoms with van der Waals surface area (Å²) in [6, 6.07) is 9.71. The summed E-state index contributed by atoms with van der Waals surface area (Å²) < 4.78 is 2.09. The molecule has 18 heavy (non-hydrogen) atoms.